The minimum atomic E-state index is -0.841. The molecule has 1 aliphatic rings. The van der Waals surface area contributed by atoms with E-state index in [2.05, 4.69) is 10.9 Å². The zero-order valence-electron chi connectivity index (χ0n) is 14.0. The van der Waals surface area contributed by atoms with E-state index in [1.807, 2.05) is 6.92 Å². The quantitative estimate of drug-likeness (QED) is 0.718. The summed E-state index contributed by atoms with van der Waals surface area (Å²) >= 11 is 0. The van der Waals surface area contributed by atoms with Crippen LogP contribution in [0.1, 0.15) is 25.0 Å². The number of hydrogen-bond acceptors (Lipinski definition) is 6. The van der Waals surface area contributed by atoms with Crippen molar-refractivity contribution in [2.75, 3.05) is 7.11 Å². The van der Waals surface area contributed by atoms with E-state index >= 15 is 0 Å². The van der Waals surface area contributed by atoms with Gasteiger partial charge >= 0.3 is 5.97 Å². The molecule has 0 saturated carbocycles. The van der Waals surface area contributed by atoms with Gasteiger partial charge in [0.1, 0.15) is 23.6 Å². The van der Waals surface area contributed by atoms with E-state index in [-0.39, 0.29) is 24.2 Å². The molecule has 4 atom stereocenters. The minimum absolute atomic E-state index is 0.0517. The van der Waals surface area contributed by atoms with Crippen molar-refractivity contribution in [2.24, 2.45) is 5.92 Å². The van der Waals surface area contributed by atoms with Crippen LogP contribution < -0.4 is 10.9 Å². The van der Waals surface area contributed by atoms with Crippen LogP contribution in [0.5, 0.6) is 0 Å². The Labute approximate surface area is 145 Å². The number of methoxy groups -OCH3 is 1. The molecule has 1 fully saturated rings. The minimum Gasteiger partial charge on any atom is -0.469 e. The van der Waals surface area contributed by atoms with Crippen molar-refractivity contribution in [3.05, 3.63) is 48.0 Å². The molecule has 0 amide bonds. The molecule has 134 valence electrons. The maximum absolute atomic E-state index is 14.0. The first kappa shape index (κ1) is 17.6. The average Bonchev–Trinajstić information content (AvgIpc) is 3.21. The van der Waals surface area contributed by atoms with Crippen molar-refractivity contribution < 1.29 is 23.4 Å². The third-order valence-electron chi connectivity index (χ3n) is 4.61. The molecule has 6 nitrogen and oxygen atoms in total. The molecule has 7 heteroatoms. The largest absolute Gasteiger partial charge is 0.469 e. The number of hydrogen-bond donors (Lipinski definition) is 3. The van der Waals surface area contributed by atoms with Gasteiger partial charge in [0.15, 0.2) is 0 Å². The van der Waals surface area contributed by atoms with Crippen molar-refractivity contribution >= 4 is 5.97 Å². The van der Waals surface area contributed by atoms with Crippen molar-refractivity contribution in [1.29, 1.82) is 0 Å². The van der Waals surface area contributed by atoms with Gasteiger partial charge in [-0.05, 0) is 31.2 Å². The summed E-state index contributed by atoms with van der Waals surface area (Å²) in [5.74, 6) is -0.626. The van der Waals surface area contributed by atoms with Crippen LogP contribution in [0.4, 0.5) is 4.39 Å². The molecular weight excluding hydrogens is 327 g/mol. The molecule has 25 heavy (non-hydrogen) atoms. The lowest BCUT2D eigenvalue weighted by Gasteiger charge is -2.25. The van der Waals surface area contributed by atoms with Crippen LogP contribution in [-0.4, -0.2) is 30.5 Å². The van der Waals surface area contributed by atoms with Gasteiger partial charge in [0.05, 0.1) is 19.1 Å². The fourth-order valence-electron chi connectivity index (χ4n) is 3.30. The van der Waals surface area contributed by atoms with Crippen molar-refractivity contribution in [2.45, 2.75) is 31.5 Å². The number of esters is 1. The summed E-state index contributed by atoms with van der Waals surface area (Å²) in [5, 5.41) is 10.2. The van der Waals surface area contributed by atoms with E-state index in [0.717, 1.165) is 0 Å². The van der Waals surface area contributed by atoms with Gasteiger partial charge in [0.25, 0.3) is 0 Å². The highest BCUT2D eigenvalue weighted by molar-refractivity contribution is 5.70. The molecule has 0 radical (unpaired) electrons. The third kappa shape index (κ3) is 3.58. The van der Waals surface area contributed by atoms with Crippen LogP contribution in [0.25, 0.3) is 11.3 Å². The summed E-state index contributed by atoms with van der Waals surface area (Å²) in [7, 11) is 1.32. The Morgan fingerprint density at radius 1 is 1.32 bits per heavy atom. The zero-order valence-corrected chi connectivity index (χ0v) is 14.0. The molecule has 4 unspecified atom stereocenters. The Kier molecular flexibility index (Phi) is 5.17. The highest BCUT2D eigenvalue weighted by Gasteiger charge is 2.41. The van der Waals surface area contributed by atoms with E-state index in [0.29, 0.717) is 17.1 Å². The Balaban J connectivity index is 1.94. The Morgan fingerprint density at radius 3 is 2.72 bits per heavy atom. The van der Waals surface area contributed by atoms with E-state index in [4.69, 9.17) is 9.15 Å². The second-order valence-corrected chi connectivity index (χ2v) is 6.17. The SMILES string of the molecule is COC(=O)CC(c1ccc(-c2ccccc2F)o1)C1C(C)NNC1O. The fraction of sp³-hybridized carbons (Fsp3) is 0.389. The Morgan fingerprint density at radius 2 is 2.08 bits per heavy atom. The number of hydrazine groups is 1. The predicted molar refractivity (Wildman–Crippen MR) is 88.7 cm³/mol. The molecule has 1 aliphatic heterocycles. The molecule has 1 aromatic heterocycles. The van der Waals surface area contributed by atoms with Crippen molar-refractivity contribution in [3.8, 4) is 11.3 Å². The first-order valence-electron chi connectivity index (χ1n) is 8.12. The summed E-state index contributed by atoms with van der Waals surface area (Å²) in [6, 6.07) is 9.62. The monoisotopic (exact) mass is 348 g/mol. The number of nitrogens with one attached hydrogen (secondary N) is 2. The molecule has 2 aromatic rings. The molecular formula is C18H21FN2O4. The van der Waals surface area contributed by atoms with E-state index in [1.54, 1.807) is 30.3 Å². The molecule has 1 saturated heterocycles. The third-order valence-corrected chi connectivity index (χ3v) is 4.61. The normalized spacial score (nSPS) is 24.2. The lowest BCUT2D eigenvalue weighted by atomic mass is 9.82. The fourth-order valence-corrected chi connectivity index (χ4v) is 3.30. The van der Waals surface area contributed by atoms with Gasteiger partial charge in [-0.25, -0.2) is 9.82 Å². The van der Waals surface area contributed by atoms with Crippen molar-refractivity contribution in [3.63, 3.8) is 0 Å². The summed E-state index contributed by atoms with van der Waals surface area (Å²) < 4.78 is 24.6. The van der Waals surface area contributed by atoms with Crippen LogP contribution in [-0.2, 0) is 9.53 Å². The smallest absolute Gasteiger partial charge is 0.306 e. The van der Waals surface area contributed by atoms with Gasteiger partial charge in [0, 0.05) is 17.9 Å². The summed E-state index contributed by atoms with van der Waals surface area (Å²) in [6.45, 7) is 1.90. The molecule has 3 rings (SSSR count). The number of halogens is 1. The molecule has 0 bridgehead atoms. The van der Waals surface area contributed by atoms with Crippen LogP contribution in [0.3, 0.4) is 0 Å². The van der Waals surface area contributed by atoms with E-state index in [9.17, 15) is 14.3 Å². The molecule has 2 heterocycles. The van der Waals surface area contributed by atoms with Gasteiger partial charge in [-0.3, -0.25) is 10.2 Å². The van der Waals surface area contributed by atoms with E-state index in [1.165, 1.54) is 13.2 Å². The van der Waals surface area contributed by atoms with Gasteiger partial charge < -0.3 is 14.3 Å². The zero-order chi connectivity index (χ0) is 18.0. The number of ether oxygens (including phenoxy) is 1. The second kappa shape index (κ2) is 7.35. The Hall–Kier alpha value is -2.22. The van der Waals surface area contributed by atoms with Crippen LogP contribution in [0.2, 0.25) is 0 Å². The first-order chi connectivity index (χ1) is 12.0. The van der Waals surface area contributed by atoms with Crippen molar-refractivity contribution in [1.82, 2.24) is 10.9 Å². The number of benzene rings is 1. The predicted octanol–water partition coefficient (Wildman–Crippen LogP) is 2.16. The second-order valence-electron chi connectivity index (χ2n) is 6.17. The lowest BCUT2D eigenvalue weighted by Crippen LogP contribution is -2.33. The lowest BCUT2D eigenvalue weighted by molar-refractivity contribution is -0.141. The van der Waals surface area contributed by atoms with Gasteiger partial charge in [-0.1, -0.05) is 12.1 Å². The molecule has 1 aromatic carbocycles. The average molecular weight is 348 g/mol. The number of aliphatic hydroxyl groups excluding tert-OH is 1. The van der Waals surface area contributed by atoms with E-state index < -0.39 is 18.1 Å². The van der Waals surface area contributed by atoms with Crippen LogP contribution in [0, 0.1) is 11.7 Å². The highest BCUT2D eigenvalue weighted by Crippen LogP contribution is 2.37. The van der Waals surface area contributed by atoms with Gasteiger partial charge in [-0.15, -0.1) is 0 Å². The molecule has 3 N–H and O–H groups in total. The highest BCUT2D eigenvalue weighted by atomic mass is 19.1. The summed E-state index contributed by atoms with van der Waals surface area (Å²) in [6.07, 6.45) is -0.789. The maximum atomic E-state index is 14.0. The summed E-state index contributed by atoms with van der Waals surface area (Å²) in [5.41, 5.74) is 6.06. The van der Waals surface area contributed by atoms with Gasteiger partial charge in [-0.2, -0.15) is 0 Å². The summed E-state index contributed by atoms with van der Waals surface area (Å²) in [4.78, 5) is 11.9. The van der Waals surface area contributed by atoms with Gasteiger partial charge in [0.2, 0.25) is 0 Å². The number of rotatable bonds is 5. The standard InChI is InChI=1S/C18H21FN2O4/c1-10-17(18(23)21-20-10)12(9-16(22)24-2)15-8-7-14(25-15)11-5-3-4-6-13(11)19/h3-8,10,12,17-18,20-21,23H,9H2,1-2H3. The molecule has 0 spiro atoms. The molecule has 0 aliphatic carbocycles. The number of carbonyl (C=O) groups excluding carboxylic acids is 1. The maximum Gasteiger partial charge on any atom is 0.306 e. The van der Waals surface area contributed by atoms with Crippen LogP contribution >= 0.6 is 0 Å². The number of carbonyl (C=O) groups is 1. The van der Waals surface area contributed by atoms with Crippen LogP contribution in [0.15, 0.2) is 40.8 Å². The first-order valence-corrected chi connectivity index (χ1v) is 8.12. The topological polar surface area (TPSA) is 83.7 Å². The number of furan rings is 1. The number of aliphatic hydroxyl groups is 1. The Bertz CT molecular complexity index is 738.